The van der Waals surface area contributed by atoms with E-state index in [0.717, 1.165) is 16.9 Å². The van der Waals surface area contributed by atoms with Crippen LogP contribution < -0.4 is 0 Å². The summed E-state index contributed by atoms with van der Waals surface area (Å²) in [5.41, 5.74) is -2.35. The largest absolute Gasteiger partial charge is 0.479 e. The minimum Gasteiger partial charge on any atom is -0.479 e. The summed E-state index contributed by atoms with van der Waals surface area (Å²) in [5, 5.41) is 12.6. The van der Waals surface area contributed by atoms with E-state index >= 15 is 0 Å². The van der Waals surface area contributed by atoms with E-state index in [1.165, 1.54) is 0 Å². The molecule has 1 fully saturated rings. The summed E-state index contributed by atoms with van der Waals surface area (Å²) in [7, 11) is 0. The maximum Gasteiger partial charge on any atom is 0.435 e. The molecule has 0 unspecified atom stereocenters. The maximum absolute atomic E-state index is 12.4. The van der Waals surface area contributed by atoms with Gasteiger partial charge in [0.1, 0.15) is 0 Å². The van der Waals surface area contributed by atoms with Gasteiger partial charge in [0.15, 0.2) is 11.2 Å². The van der Waals surface area contributed by atoms with Crippen molar-refractivity contribution >= 4 is 5.97 Å². The number of rotatable bonds is 2. The Kier molecular flexibility index (Phi) is 2.63. The van der Waals surface area contributed by atoms with E-state index in [-0.39, 0.29) is 0 Å². The van der Waals surface area contributed by atoms with Crippen molar-refractivity contribution in [3.05, 3.63) is 18.0 Å². The number of halogens is 3. The normalized spacial score (nSPS) is 19.5. The monoisotopic (exact) mass is 248 g/mol. The van der Waals surface area contributed by atoms with Crippen LogP contribution in [0.25, 0.3) is 0 Å². The molecule has 0 atom stereocenters. The first kappa shape index (κ1) is 11.9. The highest BCUT2D eigenvalue weighted by Crippen LogP contribution is 2.37. The summed E-state index contributed by atoms with van der Waals surface area (Å²) in [6, 6.07) is 0.809. The van der Waals surface area contributed by atoms with E-state index in [4.69, 9.17) is 0 Å². The Morgan fingerprint density at radius 3 is 2.41 bits per heavy atom. The molecule has 1 N–H and O–H groups in total. The average molecular weight is 248 g/mol. The Bertz CT molecular complexity index is 433. The Labute approximate surface area is 95.0 Å². The molecule has 17 heavy (non-hydrogen) atoms. The van der Waals surface area contributed by atoms with Gasteiger partial charge in [-0.1, -0.05) is 12.8 Å². The van der Waals surface area contributed by atoms with Crippen LogP contribution in [0, 0.1) is 0 Å². The topological polar surface area (TPSA) is 55.1 Å². The van der Waals surface area contributed by atoms with Gasteiger partial charge in [-0.05, 0) is 18.9 Å². The van der Waals surface area contributed by atoms with Crippen LogP contribution in [0.5, 0.6) is 0 Å². The lowest BCUT2D eigenvalue weighted by atomic mass is 9.98. The zero-order valence-electron chi connectivity index (χ0n) is 8.87. The van der Waals surface area contributed by atoms with E-state index in [2.05, 4.69) is 5.10 Å². The molecule has 7 heteroatoms. The number of carbonyl (C=O) groups is 1. The summed E-state index contributed by atoms with van der Waals surface area (Å²) in [5.74, 6) is -1.12. The number of aliphatic carboxylic acids is 1. The summed E-state index contributed by atoms with van der Waals surface area (Å²) in [4.78, 5) is 11.2. The van der Waals surface area contributed by atoms with Gasteiger partial charge in [0, 0.05) is 6.20 Å². The van der Waals surface area contributed by atoms with Crippen LogP contribution in [0.2, 0.25) is 0 Å². The molecule has 1 heterocycles. The Balaban J connectivity index is 2.39. The zero-order chi connectivity index (χ0) is 12.7. The van der Waals surface area contributed by atoms with Crippen LogP contribution in [0.3, 0.4) is 0 Å². The van der Waals surface area contributed by atoms with E-state index in [0.29, 0.717) is 25.7 Å². The second-order valence-corrected chi connectivity index (χ2v) is 4.19. The summed E-state index contributed by atoms with van der Waals surface area (Å²) < 4.78 is 38.1. The molecule has 0 amide bonds. The summed E-state index contributed by atoms with van der Waals surface area (Å²) in [6.07, 6.45) is -1.42. The fourth-order valence-electron chi connectivity index (χ4n) is 2.21. The van der Waals surface area contributed by atoms with E-state index < -0.39 is 23.4 Å². The minimum absolute atomic E-state index is 0.321. The lowest BCUT2D eigenvalue weighted by Gasteiger charge is -2.24. The molecule has 1 aromatic heterocycles. The SMILES string of the molecule is O=C(O)C1(n2ccc(C(F)(F)F)n2)CCCC1. The van der Waals surface area contributed by atoms with Crippen LogP contribution >= 0.6 is 0 Å². The number of carboxylic acid groups (broad SMARTS) is 1. The molecule has 0 bridgehead atoms. The minimum atomic E-state index is -4.54. The highest BCUT2D eigenvalue weighted by Gasteiger charge is 2.45. The molecular weight excluding hydrogens is 237 g/mol. The predicted molar refractivity (Wildman–Crippen MR) is 51.3 cm³/mol. The number of nitrogens with zero attached hydrogens (tertiary/aromatic N) is 2. The Morgan fingerprint density at radius 2 is 2.00 bits per heavy atom. The van der Waals surface area contributed by atoms with Gasteiger partial charge in [-0.2, -0.15) is 18.3 Å². The van der Waals surface area contributed by atoms with Gasteiger partial charge < -0.3 is 5.11 Å². The standard InChI is InChI=1S/C10H11F3N2O2/c11-10(12,13)7-3-6-15(14-7)9(8(16)17)4-1-2-5-9/h3,6H,1-2,4-5H2,(H,16,17). The molecule has 94 valence electrons. The van der Waals surface area contributed by atoms with E-state index in [1.54, 1.807) is 0 Å². The molecule has 2 rings (SSSR count). The molecule has 0 aromatic carbocycles. The Morgan fingerprint density at radius 1 is 1.41 bits per heavy atom. The second kappa shape index (κ2) is 3.75. The van der Waals surface area contributed by atoms with Crippen molar-refractivity contribution in [2.45, 2.75) is 37.4 Å². The zero-order valence-corrected chi connectivity index (χ0v) is 8.87. The van der Waals surface area contributed by atoms with Gasteiger partial charge in [0.25, 0.3) is 0 Å². The molecular formula is C10H11F3N2O2. The molecule has 1 aliphatic rings. The lowest BCUT2D eigenvalue weighted by molar-refractivity contribution is -0.150. The fraction of sp³-hybridized carbons (Fsp3) is 0.600. The lowest BCUT2D eigenvalue weighted by Crippen LogP contribution is -2.39. The van der Waals surface area contributed by atoms with Gasteiger partial charge in [0.05, 0.1) is 0 Å². The molecule has 0 radical (unpaired) electrons. The third kappa shape index (κ3) is 1.89. The molecule has 1 aliphatic carbocycles. The number of hydrogen-bond acceptors (Lipinski definition) is 2. The van der Waals surface area contributed by atoms with Crippen LogP contribution in [0.4, 0.5) is 13.2 Å². The number of hydrogen-bond donors (Lipinski definition) is 1. The van der Waals surface area contributed by atoms with Gasteiger partial charge in [-0.15, -0.1) is 0 Å². The van der Waals surface area contributed by atoms with Gasteiger partial charge >= 0.3 is 12.1 Å². The third-order valence-corrected chi connectivity index (χ3v) is 3.15. The van der Waals surface area contributed by atoms with Crippen molar-refractivity contribution in [2.24, 2.45) is 0 Å². The van der Waals surface area contributed by atoms with Crippen LogP contribution in [-0.4, -0.2) is 20.9 Å². The first-order valence-electron chi connectivity index (χ1n) is 5.23. The number of carboxylic acids is 1. The fourth-order valence-corrected chi connectivity index (χ4v) is 2.21. The van der Waals surface area contributed by atoms with Crippen LogP contribution in [0.15, 0.2) is 12.3 Å². The maximum atomic E-state index is 12.4. The number of alkyl halides is 3. The van der Waals surface area contributed by atoms with Gasteiger partial charge in [-0.3, -0.25) is 4.68 Å². The van der Waals surface area contributed by atoms with Crippen molar-refractivity contribution < 1.29 is 23.1 Å². The molecule has 0 aliphatic heterocycles. The average Bonchev–Trinajstić information content (AvgIpc) is 2.86. The van der Waals surface area contributed by atoms with Crippen molar-refractivity contribution in [3.63, 3.8) is 0 Å². The van der Waals surface area contributed by atoms with E-state index in [1.807, 2.05) is 0 Å². The third-order valence-electron chi connectivity index (χ3n) is 3.15. The summed E-state index contributed by atoms with van der Waals surface area (Å²) >= 11 is 0. The van der Waals surface area contributed by atoms with Crippen LogP contribution in [0.1, 0.15) is 31.4 Å². The van der Waals surface area contributed by atoms with Gasteiger partial charge in [0.2, 0.25) is 0 Å². The first-order valence-corrected chi connectivity index (χ1v) is 5.23. The highest BCUT2D eigenvalue weighted by molar-refractivity contribution is 5.77. The van der Waals surface area contributed by atoms with Crippen molar-refractivity contribution in [1.29, 1.82) is 0 Å². The molecule has 0 saturated heterocycles. The molecule has 4 nitrogen and oxygen atoms in total. The molecule has 1 aromatic rings. The quantitative estimate of drug-likeness (QED) is 0.873. The predicted octanol–water partition coefficient (Wildman–Crippen LogP) is 2.26. The van der Waals surface area contributed by atoms with Crippen LogP contribution in [-0.2, 0) is 16.5 Å². The smallest absolute Gasteiger partial charge is 0.435 e. The Hall–Kier alpha value is -1.53. The molecule has 1 saturated carbocycles. The van der Waals surface area contributed by atoms with Crippen molar-refractivity contribution in [2.75, 3.05) is 0 Å². The first-order chi connectivity index (χ1) is 7.86. The highest BCUT2D eigenvalue weighted by atomic mass is 19.4. The second-order valence-electron chi connectivity index (χ2n) is 4.19. The molecule has 0 spiro atoms. The van der Waals surface area contributed by atoms with Crippen molar-refractivity contribution in [3.8, 4) is 0 Å². The van der Waals surface area contributed by atoms with E-state index in [9.17, 15) is 23.1 Å². The number of aromatic nitrogens is 2. The summed E-state index contributed by atoms with van der Waals surface area (Å²) in [6.45, 7) is 0. The van der Waals surface area contributed by atoms with Crippen molar-refractivity contribution in [1.82, 2.24) is 9.78 Å². The van der Waals surface area contributed by atoms with Gasteiger partial charge in [-0.25, -0.2) is 4.79 Å².